The zero-order valence-electron chi connectivity index (χ0n) is 12.2. The molecule has 110 valence electrons. The molecule has 1 N–H and O–H groups in total. The Hall–Kier alpha value is -0.970. The van der Waals surface area contributed by atoms with Crippen LogP contribution in [0.3, 0.4) is 0 Å². The smallest absolute Gasteiger partial charge is 0.0972 e. The Morgan fingerprint density at radius 2 is 2.40 bits per heavy atom. The van der Waals surface area contributed by atoms with Gasteiger partial charge in [-0.1, -0.05) is 6.07 Å². The molecule has 0 radical (unpaired) electrons. The van der Waals surface area contributed by atoms with E-state index in [0.717, 1.165) is 38.8 Å². The van der Waals surface area contributed by atoms with Crippen LogP contribution in [-0.4, -0.2) is 36.6 Å². The van der Waals surface area contributed by atoms with E-state index in [4.69, 9.17) is 9.47 Å². The molecule has 1 aliphatic heterocycles. The van der Waals surface area contributed by atoms with E-state index in [1.807, 2.05) is 12.3 Å². The van der Waals surface area contributed by atoms with Crippen molar-refractivity contribution in [2.75, 3.05) is 19.9 Å². The molecule has 2 aliphatic rings. The van der Waals surface area contributed by atoms with Crippen LogP contribution in [-0.2, 0) is 9.47 Å². The van der Waals surface area contributed by atoms with Crippen molar-refractivity contribution >= 4 is 0 Å². The highest BCUT2D eigenvalue weighted by Gasteiger charge is 2.43. The monoisotopic (exact) mass is 276 g/mol. The van der Waals surface area contributed by atoms with Crippen molar-refractivity contribution in [3.05, 3.63) is 30.1 Å². The van der Waals surface area contributed by atoms with E-state index in [-0.39, 0.29) is 5.60 Å². The van der Waals surface area contributed by atoms with Gasteiger partial charge in [0.1, 0.15) is 0 Å². The predicted octanol–water partition coefficient (Wildman–Crippen LogP) is 2.46. The molecular weight excluding hydrogens is 252 g/mol. The van der Waals surface area contributed by atoms with Crippen molar-refractivity contribution in [3.8, 4) is 0 Å². The summed E-state index contributed by atoms with van der Waals surface area (Å²) in [4.78, 5) is 4.55. The summed E-state index contributed by atoms with van der Waals surface area (Å²) in [7, 11) is 0. The van der Waals surface area contributed by atoms with Crippen molar-refractivity contribution in [2.45, 2.75) is 50.2 Å². The lowest BCUT2D eigenvalue weighted by molar-refractivity contribution is -0.142. The topological polar surface area (TPSA) is 43.4 Å². The molecule has 1 aromatic rings. The van der Waals surface area contributed by atoms with E-state index in [1.165, 1.54) is 5.69 Å². The van der Waals surface area contributed by atoms with Gasteiger partial charge in [0.05, 0.1) is 18.4 Å². The molecule has 4 heteroatoms. The van der Waals surface area contributed by atoms with Crippen molar-refractivity contribution in [3.63, 3.8) is 0 Å². The van der Waals surface area contributed by atoms with E-state index >= 15 is 0 Å². The predicted molar refractivity (Wildman–Crippen MR) is 77.5 cm³/mol. The number of ether oxygens (including phenoxy) is 2. The normalized spacial score (nSPS) is 34.2. The lowest BCUT2D eigenvalue weighted by Crippen LogP contribution is -2.50. The molecular formula is C16H24N2O2. The van der Waals surface area contributed by atoms with Crippen molar-refractivity contribution in [1.82, 2.24) is 10.3 Å². The van der Waals surface area contributed by atoms with Crippen LogP contribution >= 0.6 is 0 Å². The Bertz CT molecular complexity index is 418. The molecule has 0 aromatic carbocycles. The third-order valence-corrected chi connectivity index (χ3v) is 4.51. The number of nitrogens with one attached hydrogen (secondary N) is 1. The summed E-state index contributed by atoms with van der Waals surface area (Å²) in [6, 6.07) is 6.18. The lowest BCUT2D eigenvalue weighted by Gasteiger charge is -2.46. The lowest BCUT2D eigenvalue weighted by atomic mass is 9.73. The highest BCUT2D eigenvalue weighted by molar-refractivity contribution is 5.13. The fourth-order valence-corrected chi connectivity index (χ4v) is 3.62. The largest absolute Gasteiger partial charge is 0.378 e. The summed E-state index contributed by atoms with van der Waals surface area (Å²) in [6.45, 7) is 4.54. The number of aromatic nitrogens is 1. The zero-order valence-corrected chi connectivity index (χ0v) is 12.2. The first kappa shape index (κ1) is 14.0. The number of rotatable bonds is 3. The third-order valence-electron chi connectivity index (χ3n) is 4.51. The van der Waals surface area contributed by atoms with Crippen LogP contribution in [0, 0.1) is 0 Å². The summed E-state index contributed by atoms with van der Waals surface area (Å²) in [5.74, 6) is 0.444. The highest BCUT2D eigenvalue weighted by Crippen LogP contribution is 2.43. The average Bonchev–Trinajstić information content (AvgIpc) is 2.49. The van der Waals surface area contributed by atoms with E-state index in [9.17, 15) is 0 Å². The van der Waals surface area contributed by atoms with Crippen LogP contribution in [0.4, 0.5) is 0 Å². The maximum Gasteiger partial charge on any atom is 0.0972 e. The number of pyridine rings is 1. The molecule has 2 unspecified atom stereocenters. The summed E-state index contributed by atoms with van der Waals surface area (Å²) in [5.41, 5.74) is 1.16. The molecule has 0 amide bonds. The molecule has 20 heavy (non-hydrogen) atoms. The van der Waals surface area contributed by atoms with Crippen LogP contribution in [0.15, 0.2) is 24.4 Å². The summed E-state index contributed by atoms with van der Waals surface area (Å²) >= 11 is 0. The first-order valence-corrected chi connectivity index (χ1v) is 7.68. The van der Waals surface area contributed by atoms with Crippen LogP contribution < -0.4 is 5.32 Å². The van der Waals surface area contributed by atoms with Crippen LogP contribution in [0.2, 0.25) is 0 Å². The highest BCUT2D eigenvalue weighted by atomic mass is 16.5. The Kier molecular flexibility index (Phi) is 4.34. The van der Waals surface area contributed by atoms with Gasteiger partial charge >= 0.3 is 0 Å². The second-order valence-corrected chi connectivity index (χ2v) is 5.89. The molecule has 1 aromatic heterocycles. The number of nitrogens with zero attached hydrogens (tertiary/aromatic N) is 1. The number of hydrogen-bond acceptors (Lipinski definition) is 4. The van der Waals surface area contributed by atoms with Gasteiger partial charge in [-0.2, -0.15) is 0 Å². The Morgan fingerprint density at radius 1 is 1.45 bits per heavy atom. The summed E-state index contributed by atoms with van der Waals surface area (Å²) in [6.07, 6.45) is 6.39. The van der Waals surface area contributed by atoms with Crippen molar-refractivity contribution in [1.29, 1.82) is 0 Å². The Morgan fingerprint density at radius 3 is 3.10 bits per heavy atom. The van der Waals surface area contributed by atoms with Gasteiger partial charge in [-0.15, -0.1) is 0 Å². The van der Waals surface area contributed by atoms with Crippen LogP contribution in [0.5, 0.6) is 0 Å². The minimum atomic E-state index is -0.0223. The van der Waals surface area contributed by atoms with Gasteiger partial charge in [-0.3, -0.25) is 10.3 Å². The first-order chi connectivity index (χ1) is 9.81. The average molecular weight is 276 g/mol. The molecule has 1 spiro atoms. The molecule has 4 nitrogen and oxygen atoms in total. The van der Waals surface area contributed by atoms with E-state index in [0.29, 0.717) is 18.8 Å². The van der Waals surface area contributed by atoms with Crippen LogP contribution in [0.25, 0.3) is 0 Å². The fourth-order valence-electron chi connectivity index (χ4n) is 3.62. The van der Waals surface area contributed by atoms with Gasteiger partial charge in [0, 0.05) is 30.8 Å². The Balaban J connectivity index is 1.79. The molecule has 2 heterocycles. The molecule has 3 rings (SSSR count). The minimum absolute atomic E-state index is 0.0223. The van der Waals surface area contributed by atoms with Crippen LogP contribution in [0.1, 0.15) is 44.2 Å². The standard InChI is InChI=1S/C16H24N2O2/c1-2-19-14-9-13(15-5-3-4-7-18-15)10-16(11-14)6-8-17-12-20-16/h3-5,7,13-14,17H,2,6,8-12H2,1H3/t13?,14?,16-/m1/s1. The second-order valence-electron chi connectivity index (χ2n) is 5.89. The van der Waals surface area contributed by atoms with Gasteiger partial charge in [-0.05, 0) is 44.9 Å². The van der Waals surface area contributed by atoms with Crippen molar-refractivity contribution in [2.24, 2.45) is 0 Å². The summed E-state index contributed by atoms with van der Waals surface area (Å²) < 4.78 is 12.0. The van der Waals surface area contributed by atoms with Crippen molar-refractivity contribution < 1.29 is 9.47 Å². The first-order valence-electron chi connectivity index (χ1n) is 7.68. The van der Waals surface area contributed by atoms with Gasteiger partial charge in [0.15, 0.2) is 0 Å². The third kappa shape index (κ3) is 3.03. The van der Waals surface area contributed by atoms with E-state index in [1.54, 1.807) is 0 Å². The molecule has 2 fully saturated rings. The van der Waals surface area contributed by atoms with E-state index < -0.39 is 0 Å². The zero-order chi connectivity index (χ0) is 13.8. The SMILES string of the molecule is CCOC1CC(c2ccccn2)C[C@]2(CCNCO2)C1. The molecule has 1 saturated carbocycles. The maximum absolute atomic E-state index is 6.12. The second kappa shape index (κ2) is 6.20. The quantitative estimate of drug-likeness (QED) is 0.921. The van der Waals surface area contributed by atoms with Gasteiger partial charge in [0.25, 0.3) is 0 Å². The van der Waals surface area contributed by atoms with Gasteiger partial charge in [-0.25, -0.2) is 0 Å². The maximum atomic E-state index is 6.12. The van der Waals surface area contributed by atoms with Gasteiger partial charge in [0.2, 0.25) is 0 Å². The molecule has 1 saturated heterocycles. The summed E-state index contributed by atoms with van der Waals surface area (Å²) in [5, 5.41) is 3.28. The molecule has 0 bridgehead atoms. The van der Waals surface area contributed by atoms with E-state index in [2.05, 4.69) is 29.4 Å². The number of hydrogen-bond donors (Lipinski definition) is 1. The molecule has 1 aliphatic carbocycles. The fraction of sp³-hybridized carbons (Fsp3) is 0.688. The molecule has 3 atom stereocenters. The minimum Gasteiger partial charge on any atom is -0.378 e. The van der Waals surface area contributed by atoms with Gasteiger partial charge < -0.3 is 9.47 Å². The Labute approximate surface area is 120 Å².